The van der Waals surface area contributed by atoms with Crippen molar-refractivity contribution in [2.45, 2.75) is 26.2 Å². The van der Waals surface area contributed by atoms with E-state index >= 15 is 0 Å². The molecule has 2 aromatic carbocycles. The molecular formula is C23H29N3O3. The van der Waals surface area contributed by atoms with Gasteiger partial charge in [0.2, 0.25) is 0 Å². The number of carboxylic acid groups (broad SMARTS) is 1. The largest absolute Gasteiger partial charge is 0.481 e. The molecule has 1 aliphatic rings. The molecule has 0 saturated carbocycles. The Hall–Kier alpha value is -2.86. The molecule has 2 aromatic rings. The maximum Gasteiger partial charge on any atom is 0.303 e. The first-order valence-electron chi connectivity index (χ1n) is 10.1. The third kappa shape index (κ3) is 6.06. The number of carboxylic acids is 1. The summed E-state index contributed by atoms with van der Waals surface area (Å²) >= 11 is 0. The third-order valence-electron chi connectivity index (χ3n) is 5.44. The van der Waals surface area contributed by atoms with Crippen LogP contribution in [0, 0.1) is 6.92 Å². The predicted molar refractivity (Wildman–Crippen MR) is 115 cm³/mol. The molecule has 0 aliphatic carbocycles. The maximum atomic E-state index is 10.7. The highest BCUT2D eigenvalue weighted by atomic mass is 16.4. The average molecular weight is 396 g/mol. The SMILES string of the molecule is Cc1cccc(N2CCN(CCc3ccc(/C(CCC(=O)O)=N\O)cc3)CC2)c1. The fraction of sp³-hybridized carbons (Fsp3) is 0.391. The number of benzene rings is 2. The van der Waals surface area contributed by atoms with Gasteiger partial charge in [-0.25, -0.2) is 0 Å². The van der Waals surface area contributed by atoms with Crippen molar-refractivity contribution in [3.05, 3.63) is 65.2 Å². The summed E-state index contributed by atoms with van der Waals surface area (Å²) in [4.78, 5) is 15.7. The van der Waals surface area contributed by atoms with Gasteiger partial charge in [-0.1, -0.05) is 41.6 Å². The van der Waals surface area contributed by atoms with Crippen LogP contribution < -0.4 is 4.90 Å². The van der Waals surface area contributed by atoms with Crippen molar-refractivity contribution in [1.82, 2.24) is 4.90 Å². The molecule has 29 heavy (non-hydrogen) atoms. The zero-order valence-corrected chi connectivity index (χ0v) is 16.9. The molecule has 1 saturated heterocycles. The number of aryl methyl sites for hydroxylation is 1. The lowest BCUT2D eigenvalue weighted by molar-refractivity contribution is -0.136. The van der Waals surface area contributed by atoms with Gasteiger partial charge in [-0.3, -0.25) is 9.69 Å². The monoisotopic (exact) mass is 395 g/mol. The van der Waals surface area contributed by atoms with Gasteiger partial charge in [0.15, 0.2) is 0 Å². The van der Waals surface area contributed by atoms with Crippen molar-refractivity contribution in [3.63, 3.8) is 0 Å². The summed E-state index contributed by atoms with van der Waals surface area (Å²) in [6, 6.07) is 16.6. The minimum Gasteiger partial charge on any atom is -0.481 e. The second kappa shape index (κ2) is 10.1. The van der Waals surface area contributed by atoms with E-state index in [1.54, 1.807) is 0 Å². The summed E-state index contributed by atoms with van der Waals surface area (Å²) in [5, 5.41) is 21.2. The van der Waals surface area contributed by atoms with Crippen LogP contribution in [-0.2, 0) is 11.2 Å². The topological polar surface area (TPSA) is 76.4 Å². The highest BCUT2D eigenvalue weighted by Crippen LogP contribution is 2.18. The summed E-state index contributed by atoms with van der Waals surface area (Å²) in [5.41, 5.74) is 5.01. The summed E-state index contributed by atoms with van der Waals surface area (Å²) in [5.74, 6) is -0.898. The first-order chi connectivity index (χ1) is 14.0. The number of hydrogen-bond donors (Lipinski definition) is 2. The second-order valence-corrected chi connectivity index (χ2v) is 7.56. The van der Waals surface area contributed by atoms with Crippen LogP contribution in [0.2, 0.25) is 0 Å². The highest BCUT2D eigenvalue weighted by molar-refractivity contribution is 6.01. The van der Waals surface area contributed by atoms with Gasteiger partial charge in [-0.15, -0.1) is 0 Å². The molecule has 6 heteroatoms. The number of carbonyl (C=O) groups is 1. The van der Waals surface area contributed by atoms with Crippen LogP contribution in [-0.4, -0.2) is 59.6 Å². The molecule has 0 unspecified atom stereocenters. The Kier molecular flexibility index (Phi) is 7.25. The van der Waals surface area contributed by atoms with Gasteiger partial charge in [0.25, 0.3) is 0 Å². The smallest absolute Gasteiger partial charge is 0.303 e. The molecule has 1 aliphatic heterocycles. The van der Waals surface area contributed by atoms with Gasteiger partial charge in [0.05, 0.1) is 12.1 Å². The van der Waals surface area contributed by atoms with Crippen molar-refractivity contribution >= 4 is 17.4 Å². The number of rotatable bonds is 8. The average Bonchev–Trinajstić information content (AvgIpc) is 2.74. The van der Waals surface area contributed by atoms with Crippen LogP contribution in [0.3, 0.4) is 0 Å². The van der Waals surface area contributed by atoms with E-state index in [9.17, 15) is 4.79 Å². The minimum atomic E-state index is -0.898. The molecule has 1 heterocycles. The Bertz CT molecular complexity index is 841. The predicted octanol–water partition coefficient (Wildman–Crippen LogP) is 3.40. The minimum absolute atomic E-state index is 0.0460. The lowest BCUT2D eigenvalue weighted by Crippen LogP contribution is -2.47. The zero-order valence-electron chi connectivity index (χ0n) is 16.9. The van der Waals surface area contributed by atoms with Crippen LogP contribution in [0.4, 0.5) is 5.69 Å². The third-order valence-corrected chi connectivity index (χ3v) is 5.44. The Morgan fingerprint density at radius 2 is 1.76 bits per heavy atom. The Balaban J connectivity index is 1.46. The lowest BCUT2D eigenvalue weighted by atomic mass is 10.0. The molecule has 1 fully saturated rings. The van der Waals surface area contributed by atoms with Crippen molar-refractivity contribution < 1.29 is 15.1 Å². The van der Waals surface area contributed by atoms with E-state index in [4.69, 9.17) is 10.3 Å². The second-order valence-electron chi connectivity index (χ2n) is 7.56. The Labute approximate surface area is 172 Å². The van der Waals surface area contributed by atoms with E-state index < -0.39 is 5.97 Å². The number of nitrogens with zero attached hydrogens (tertiary/aromatic N) is 3. The number of hydrogen-bond acceptors (Lipinski definition) is 5. The molecule has 154 valence electrons. The van der Waals surface area contributed by atoms with Crippen molar-refractivity contribution in [3.8, 4) is 0 Å². The van der Waals surface area contributed by atoms with Gasteiger partial charge >= 0.3 is 5.97 Å². The maximum absolute atomic E-state index is 10.7. The number of anilines is 1. The summed E-state index contributed by atoms with van der Waals surface area (Å²) in [6.45, 7) is 7.35. The van der Waals surface area contributed by atoms with E-state index in [-0.39, 0.29) is 12.8 Å². The van der Waals surface area contributed by atoms with Crippen molar-refractivity contribution in [1.29, 1.82) is 0 Å². The molecule has 0 bridgehead atoms. The van der Waals surface area contributed by atoms with Crippen LogP contribution in [0.15, 0.2) is 53.7 Å². The molecule has 0 amide bonds. The molecule has 6 nitrogen and oxygen atoms in total. The fourth-order valence-corrected chi connectivity index (χ4v) is 3.68. The highest BCUT2D eigenvalue weighted by Gasteiger charge is 2.17. The first-order valence-corrected chi connectivity index (χ1v) is 10.1. The molecule has 3 rings (SSSR count). The lowest BCUT2D eigenvalue weighted by Gasteiger charge is -2.36. The molecule has 0 spiro atoms. The Morgan fingerprint density at radius 1 is 1.03 bits per heavy atom. The number of aliphatic carboxylic acids is 1. The summed E-state index contributed by atoms with van der Waals surface area (Å²) in [7, 11) is 0. The number of piperazine rings is 1. The molecular weight excluding hydrogens is 366 g/mol. The van der Waals surface area contributed by atoms with Gasteiger partial charge in [-0.2, -0.15) is 0 Å². The number of oxime groups is 1. The van der Waals surface area contributed by atoms with E-state index in [1.165, 1.54) is 16.8 Å². The molecule has 0 atom stereocenters. The van der Waals surface area contributed by atoms with Crippen LogP contribution in [0.1, 0.15) is 29.5 Å². The van der Waals surface area contributed by atoms with Crippen molar-refractivity contribution in [2.75, 3.05) is 37.6 Å². The zero-order chi connectivity index (χ0) is 20.6. The van der Waals surface area contributed by atoms with Crippen molar-refractivity contribution in [2.24, 2.45) is 5.16 Å². The summed E-state index contributed by atoms with van der Waals surface area (Å²) in [6.07, 6.45) is 1.14. The summed E-state index contributed by atoms with van der Waals surface area (Å²) < 4.78 is 0. The Morgan fingerprint density at radius 3 is 2.38 bits per heavy atom. The quantitative estimate of drug-likeness (QED) is 0.407. The van der Waals surface area contributed by atoms with E-state index in [2.05, 4.69) is 46.1 Å². The van der Waals surface area contributed by atoms with E-state index in [1.807, 2.05) is 24.3 Å². The molecule has 2 N–H and O–H groups in total. The van der Waals surface area contributed by atoms with Crippen LogP contribution >= 0.6 is 0 Å². The first kappa shape index (κ1) is 20.9. The van der Waals surface area contributed by atoms with Gasteiger partial charge in [0.1, 0.15) is 0 Å². The standard InChI is InChI=1S/C23H29N3O3/c1-18-3-2-4-21(17-18)26-15-13-25(14-16-26)12-11-19-5-7-20(8-6-19)22(24-29)9-10-23(27)28/h2-8,17,29H,9-16H2,1H3,(H,27,28)/b24-22-. The van der Waals surface area contributed by atoms with Gasteiger partial charge < -0.3 is 15.2 Å². The van der Waals surface area contributed by atoms with Crippen LogP contribution in [0.5, 0.6) is 0 Å². The molecule has 0 radical (unpaired) electrons. The van der Waals surface area contributed by atoms with E-state index in [0.29, 0.717) is 5.71 Å². The van der Waals surface area contributed by atoms with Gasteiger partial charge in [0, 0.05) is 44.8 Å². The molecule has 0 aromatic heterocycles. The van der Waals surface area contributed by atoms with Gasteiger partial charge in [-0.05, 0) is 42.2 Å². The normalized spacial score (nSPS) is 15.5. The van der Waals surface area contributed by atoms with E-state index in [0.717, 1.165) is 44.7 Å². The fourth-order valence-electron chi connectivity index (χ4n) is 3.68. The van der Waals surface area contributed by atoms with Crippen LogP contribution in [0.25, 0.3) is 0 Å².